The number of fused-ring (bicyclic) bond motifs is 1. The van der Waals surface area contributed by atoms with E-state index in [4.69, 9.17) is 0 Å². The number of phenolic OH excluding ortho intramolecular Hbond substituents is 1. The Bertz CT molecular complexity index is 1330. The maximum Gasteiger partial charge on any atom is 0.405 e. The van der Waals surface area contributed by atoms with Crippen molar-refractivity contribution in [1.29, 1.82) is 0 Å². The largest absolute Gasteiger partial charge is 0.507 e. The number of aryl methyl sites for hydroxylation is 1. The minimum Gasteiger partial charge on any atom is -0.507 e. The van der Waals surface area contributed by atoms with Crippen LogP contribution in [0.3, 0.4) is 0 Å². The highest BCUT2D eigenvalue weighted by Crippen LogP contribution is 2.30. The Balaban J connectivity index is 1.90. The van der Waals surface area contributed by atoms with Crippen LogP contribution in [0.15, 0.2) is 24.3 Å². The van der Waals surface area contributed by atoms with Gasteiger partial charge in [0.25, 0.3) is 5.91 Å². The fourth-order valence-electron chi connectivity index (χ4n) is 3.20. The SMILES string of the molecule is Cn1c(Nc2c(F)ccc(CNC(=O)C(C)(C)C)c2F)nc2cc(C(=O)NCC(F)(F)F)c(O)cc21. The second kappa shape index (κ2) is 9.63. The topological polar surface area (TPSA) is 108 Å². The molecule has 0 saturated carbocycles. The van der Waals surface area contributed by atoms with Crippen LogP contribution in [0.2, 0.25) is 0 Å². The first-order valence-electron chi connectivity index (χ1n) is 10.6. The first kappa shape index (κ1) is 26.7. The molecule has 0 aliphatic heterocycles. The highest BCUT2D eigenvalue weighted by atomic mass is 19.4. The van der Waals surface area contributed by atoms with E-state index in [0.717, 1.165) is 18.2 Å². The third kappa shape index (κ3) is 5.83. The van der Waals surface area contributed by atoms with Gasteiger partial charge in [-0.2, -0.15) is 13.2 Å². The molecule has 1 aromatic heterocycles. The zero-order valence-electron chi connectivity index (χ0n) is 19.8. The van der Waals surface area contributed by atoms with E-state index >= 15 is 4.39 Å². The Morgan fingerprint density at radius 3 is 2.36 bits per heavy atom. The number of nitrogens with zero attached hydrogens (tertiary/aromatic N) is 2. The Labute approximate surface area is 202 Å². The Morgan fingerprint density at radius 2 is 1.75 bits per heavy atom. The number of imidazole rings is 1. The minimum absolute atomic E-state index is 0.0107. The molecule has 0 aliphatic rings. The van der Waals surface area contributed by atoms with Crippen LogP contribution >= 0.6 is 0 Å². The van der Waals surface area contributed by atoms with Crippen molar-refractivity contribution in [1.82, 2.24) is 20.2 Å². The highest BCUT2D eigenvalue weighted by molar-refractivity contribution is 6.00. The average Bonchev–Trinajstić information content (AvgIpc) is 3.07. The summed E-state index contributed by atoms with van der Waals surface area (Å²) in [6.07, 6.45) is -4.64. The van der Waals surface area contributed by atoms with Crippen LogP contribution in [-0.2, 0) is 18.4 Å². The molecule has 1 heterocycles. The van der Waals surface area contributed by atoms with Crippen LogP contribution in [-0.4, -0.2) is 39.2 Å². The molecule has 3 aromatic rings. The maximum absolute atomic E-state index is 15.1. The molecule has 8 nitrogen and oxygen atoms in total. The van der Waals surface area contributed by atoms with Gasteiger partial charge in [0.15, 0.2) is 5.82 Å². The zero-order chi connectivity index (χ0) is 27.0. The number of benzene rings is 2. The van der Waals surface area contributed by atoms with Crippen molar-refractivity contribution >= 4 is 34.5 Å². The molecule has 36 heavy (non-hydrogen) atoms. The normalized spacial score (nSPS) is 12.0. The summed E-state index contributed by atoms with van der Waals surface area (Å²) in [4.78, 5) is 28.3. The molecular weight excluding hydrogens is 489 g/mol. The molecule has 0 atom stereocenters. The number of aromatic hydroxyl groups is 1. The van der Waals surface area contributed by atoms with E-state index in [0.29, 0.717) is 0 Å². The van der Waals surface area contributed by atoms with Crippen molar-refractivity contribution in [3.05, 3.63) is 47.0 Å². The summed E-state index contributed by atoms with van der Waals surface area (Å²) in [5.41, 5.74) is -1.40. The minimum atomic E-state index is -4.64. The second-order valence-corrected chi connectivity index (χ2v) is 9.10. The zero-order valence-corrected chi connectivity index (χ0v) is 19.8. The molecule has 13 heteroatoms. The lowest BCUT2D eigenvalue weighted by molar-refractivity contribution is -0.128. The number of halogens is 5. The molecule has 3 rings (SSSR count). The van der Waals surface area contributed by atoms with E-state index in [9.17, 15) is 32.3 Å². The number of nitrogens with one attached hydrogen (secondary N) is 3. The predicted octanol–water partition coefficient (Wildman–Crippen LogP) is 4.26. The van der Waals surface area contributed by atoms with E-state index in [1.165, 1.54) is 17.7 Å². The molecule has 0 unspecified atom stereocenters. The smallest absolute Gasteiger partial charge is 0.405 e. The van der Waals surface area contributed by atoms with Crippen LogP contribution in [0.1, 0.15) is 36.7 Å². The summed E-state index contributed by atoms with van der Waals surface area (Å²) < 4.78 is 68.1. The Kier molecular flexibility index (Phi) is 7.14. The van der Waals surface area contributed by atoms with Crippen molar-refractivity contribution in [3.63, 3.8) is 0 Å². The van der Waals surface area contributed by atoms with Crippen molar-refractivity contribution in [2.75, 3.05) is 11.9 Å². The lowest BCUT2D eigenvalue weighted by Crippen LogP contribution is -2.34. The molecule has 0 radical (unpaired) electrons. The summed E-state index contributed by atoms with van der Waals surface area (Å²) in [6, 6.07) is 4.37. The van der Waals surface area contributed by atoms with Gasteiger partial charge in [-0.3, -0.25) is 9.59 Å². The van der Waals surface area contributed by atoms with Gasteiger partial charge in [-0.1, -0.05) is 26.8 Å². The van der Waals surface area contributed by atoms with Gasteiger partial charge in [-0.15, -0.1) is 0 Å². The van der Waals surface area contributed by atoms with E-state index in [-0.39, 0.29) is 35.0 Å². The van der Waals surface area contributed by atoms with Gasteiger partial charge >= 0.3 is 6.18 Å². The predicted molar refractivity (Wildman–Crippen MR) is 122 cm³/mol. The number of phenols is 1. The average molecular weight is 513 g/mol. The summed E-state index contributed by atoms with van der Waals surface area (Å²) >= 11 is 0. The Morgan fingerprint density at radius 1 is 1.08 bits per heavy atom. The van der Waals surface area contributed by atoms with Gasteiger partial charge < -0.3 is 25.6 Å². The van der Waals surface area contributed by atoms with E-state index in [2.05, 4.69) is 15.6 Å². The van der Waals surface area contributed by atoms with Gasteiger partial charge in [0.2, 0.25) is 11.9 Å². The van der Waals surface area contributed by atoms with Gasteiger partial charge in [-0.25, -0.2) is 13.8 Å². The van der Waals surface area contributed by atoms with Gasteiger partial charge in [0, 0.05) is 30.6 Å². The van der Waals surface area contributed by atoms with E-state index in [1.807, 2.05) is 0 Å². The van der Waals surface area contributed by atoms with Crippen LogP contribution in [0.5, 0.6) is 5.75 Å². The number of rotatable bonds is 6. The Hall–Kier alpha value is -3.90. The molecule has 0 bridgehead atoms. The van der Waals surface area contributed by atoms with Gasteiger partial charge in [0.05, 0.1) is 16.6 Å². The number of aromatic nitrogens is 2. The standard InChI is InChI=1S/C23H24F5N5O3/c1-22(2,3)20(36)29-9-11-5-6-13(24)18(17(11)25)32-21-31-14-7-12(16(34)8-15(14)33(21)4)19(35)30-10-23(26,27)28/h5-8,34H,9-10H2,1-4H3,(H,29,36)(H,30,35)(H,31,32). The molecule has 0 saturated heterocycles. The van der Waals surface area contributed by atoms with Gasteiger partial charge in [-0.05, 0) is 12.1 Å². The van der Waals surface area contributed by atoms with Crippen molar-refractivity contribution in [2.24, 2.45) is 12.5 Å². The van der Waals surface area contributed by atoms with Crippen molar-refractivity contribution in [2.45, 2.75) is 33.5 Å². The fourth-order valence-corrected chi connectivity index (χ4v) is 3.20. The van der Waals surface area contributed by atoms with Gasteiger partial charge in [0.1, 0.15) is 23.8 Å². The van der Waals surface area contributed by atoms with E-state index < -0.39 is 52.7 Å². The molecule has 4 N–H and O–H groups in total. The fraction of sp³-hybridized carbons (Fsp3) is 0.348. The number of carbonyl (C=O) groups is 2. The lowest BCUT2D eigenvalue weighted by atomic mass is 9.95. The molecule has 194 valence electrons. The van der Waals surface area contributed by atoms with Crippen molar-refractivity contribution in [3.8, 4) is 5.75 Å². The van der Waals surface area contributed by atoms with Crippen molar-refractivity contribution < 1.29 is 36.6 Å². The second-order valence-electron chi connectivity index (χ2n) is 9.10. The third-order valence-electron chi connectivity index (χ3n) is 5.22. The monoisotopic (exact) mass is 513 g/mol. The van der Waals surface area contributed by atoms with Crippen LogP contribution in [0, 0.1) is 17.0 Å². The lowest BCUT2D eigenvalue weighted by Gasteiger charge is -2.18. The summed E-state index contributed by atoms with van der Waals surface area (Å²) in [5.74, 6) is -4.09. The highest BCUT2D eigenvalue weighted by Gasteiger charge is 2.29. The molecule has 0 aliphatic carbocycles. The number of alkyl halides is 3. The summed E-state index contributed by atoms with van der Waals surface area (Å²) in [6.45, 7) is 3.27. The first-order chi connectivity index (χ1) is 16.6. The number of hydrogen-bond acceptors (Lipinski definition) is 5. The molecule has 0 spiro atoms. The number of anilines is 2. The number of hydrogen-bond donors (Lipinski definition) is 4. The quantitative estimate of drug-likeness (QED) is 0.369. The van der Waals surface area contributed by atoms with Crippen LogP contribution < -0.4 is 16.0 Å². The number of carbonyl (C=O) groups excluding carboxylic acids is 2. The summed E-state index contributed by atoms with van der Waals surface area (Å²) in [7, 11) is 1.46. The number of amides is 2. The first-order valence-corrected chi connectivity index (χ1v) is 10.6. The molecule has 0 fully saturated rings. The van der Waals surface area contributed by atoms with Crippen LogP contribution in [0.4, 0.5) is 33.6 Å². The maximum atomic E-state index is 15.1. The third-order valence-corrected chi connectivity index (χ3v) is 5.22. The van der Waals surface area contributed by atoms with Crippen LogP contribution in [0.25, 0.3) is 11.0 Å². The van der Waals surface area contributed by atoms with E-state index in [1.54, 1.807) is 26.1 Å². The molecular formula is C23H24F5N5O3. The summed E-state index contributed by atoms with van der Waals surface area (Å²) in [5, 5.41) is 16.9. The molecule has 2 amide bonds. The molecule has 2 aromatic carbocycles.